The van der Waals surface area contributed by atoms with Crippen LogP contribution in [0.3, 0.4) is 0 Å². The molecule has 0 radical (unpaired) electrons. The van der Waals surface area contributed by atoms with Crippen LogP contribution in [0.15, 0.2) is 23.0 Å². The third-order valence-corrected chi connectivity index (χ3v) is 7.86. The van der Waals surface area contributed by atoms with Crippen molar-refractivity contribution in [1.82, 2.24) is 19.7 Å². The summed E-state index contributed by atoms with van der Waals surface area (Å²) in [5.41, 5.74) is 3.20. The first-order valence-corrected chi connectivity index (χ1v) is 12.8. The molecule has 1 N–H and O–H groups in total. The Morgan fingerprint density at radius 1 is 1.11 bits per heavy atom. The second kappa shape index (κ2) is 8.95. The number of hydrogen-bond donors (Lipinski definition) is 1. The van der Waals surface area contributed by atoms with Crippen molar-refractivity contribution in [3.63, 3.8) is 0 Å². The lowest BCUT2D eigenvalue weighted by atomic mass is 9.86. The minimum absolute atomic E-state index is 0.136. The molecule has 0 amide bonds. The summed E-state index contributed by atoms with van der Waals surface area (Å²) in [6.45, 7) is 3.05. The minimum atomic E-state index is -0.404. The number of H-pyrrole nitrogens is 1. The van der Waals surface area contributed by atoms with Gasteiger partial charge in [-0.15, -0.1) is 0 Å². The van der Waals surface area contributed by atoms with E-state index in [0.717, 1.165) is 55.7 Å². The SMILES string of the molecule is COc1cc(N2CCC3(CC2)OCCO3)ccc1-c1nc2c(c(C3CCCCC3)nn2C)c(=O)[nH]1. The van der Waals surface area contributed by atoms with E-state index in [0.29, 0.717) is 41.7 Å². The third-order valence-electron chi connectivity index (χ3n) is 7.86. The average molecular weight is 480 g/mol. The summed E-state index contributed by atoms with van der Waals surface area (Å²) in [5.74, 6) is 1.10. The number of fused-ring (bicyclic) bond motifs is 1. The first-order valence-electron chi connectivity index (χ1n) is 12.8. The Bertz CT molecular complexity index is 1280. The molecule has 186 valence electrons. The summed E-state index contributed by atoms with van der Waals surface area (Å²) in [6, 6.07) is 6.06. The van der Waals surface area contributed by atoms with Crippen molar-refractivity contribution in [3.05, 3.63) is 34.2 Å². The molecular weight excluding hydrogens is 446 g/mol. The van der Waals surface area contributed by atoms with Crippen molar-refractivity contribution >= 4 is 16.7 Å². The molecule has 2 saturated heterocycles. The van der Waals surface area contributed by atoms with Crippen molar-refractivity contribution in [2.75, 3.05) is 38.3 Å². The number of methoxy groups -OCH3 is 1. The monoisotopic (exact) mass is 479 g/mol. The van der Waals surface area contributed by atoms with Crippen molar-refractivity contribution in [1.29, 1.82) is 0 Å². The van der Waals surface area contributed by atoms with E-state index < -0.39 is 5.79 Å². The molecule has 0 atom stereocenters. The molecular formula is C26H33N5O4. The van der Waals surface area contributed by atoms with Gasteiger partial charge in [0.25, 0.3) is 5.56 Å². The van der Waals surface area contributed by atoms with Gasteiger partial charge in [-0.3, -0.25) is 4.79 Å². The number of anilines is 1. The second-order valence-corrected chi connectivity index (χ2v) is 9.94. The van der Waals surface area contributed by atoms with Gasteiger partial charge < -0.3 is 24.1 Å². The molecule has 0 unspecified atom stereocenters. The number of rotatable bonds is 4. The van der Waals surface area contributed by atoms with E-state index >= 15 is 0 Å². The number of nitrogens with one attached hydrogen (secondary N) is 1. The van der Waals surface area contributed by atoms with Crippen LogP contribution in [0.2, 0.25) is 0 Å². The van der Waals surface area contributed by atoms with Crippen LogP contribution < -0.4 is 15.2 Å². The van der Waals surface area contributed by atoms with Gasteiger partial charge in [0.05, 0.1) is 31.6 Å². The third kappa shape index (κ3) is 4.00. The van der Waals surface area contributed by atoms with Gasteiger partial charge in [0.15, 0.2) is 11.4 Å². The molecule has 2 aromatic heterocycles. The van der Waals surface area contributed by atoms with Crippen LogP contribution in [0.25, 0.3) is 22.4 Å². The molecule has 1 saturated carbocycles. The van der Waals surface area contributed by atoms with E-state index in [4.69, 9.17) is 24.3 Å². The van der Waals surface area contributed by atoms with Crippen molar-refractivity contribution in [2.24, 2.45) is 7.05 Å². The van der Waals surface area contributed by atoms with Gasteiger partial charge in [-0.1, -0.05) is 19.3 Å². The number of ether oxygens (including phenoxy) is 3. The molecule has 3 fully saturated rings. The molecule has 9 nitrogen and oxygen atoms in total. The number of nitrogens with zero attached hydrogens (tertiary/aromatic N) is 4. The zero-order valence-corrected chi connectivity index (χ0v) is 20.5. The zero-order chi connectivity index (χ0) is 24.0. The van der Waals surface area contributed by atoms with Gasteiger partial charge >= 0.3 is 0 Å². The van der Waals surface area contributed by atoms with Crippen molar-refractivity contribution < 1.29 is 14.2 Å². The highest BCUT2D eigenvalue weighted by Gasteiger charge is 2.40. The summed E-state index contributed by atoms with van der Waals surface area (Å²) >= 11 is 0. The fourth-order valence-corrected chi connectivity index (χ4v) is 5.94. The number of aryl methyl sites for hydroxylation is 1. The predicted molar refractivity (Wildman–Crippen MR) is 133 cm³/mol. The summed E-state index contributed by atoms with van der Waals surface area (Å²) in [4.78, 5) is 23.4. The topological polar surface area (TPSA) is 94.5 Å². The van der Waals surface area contributed by atoms with Crippen LogP contribution in [0.1, 0.15) is 56.6 Å². The number of aromatic nitrogens is 4. The maximum absolute atomic E-state index is 13.3. The van der Waals surface area contributed by atoms with E-state index in [1.165, 1.54) is 19.3 Å². The summed E-state index contributed by atoms with van der Waals surface area (Å²) in [5, 5.41) is 5.36. The average Bonchev–Trinajstić information content (AvgIpc) is 3.49. The molecule has 1 aromatic carbocycles. The van der Waals surface area contributed by atoms with Gasteiger partial charge in [-0.25, -0.2) is 9.67 Å². The second-order valence-electron chi connectivity index (χ2n) is 9.94. The first-order chi connectivity index (χ1) is 17.1. The molecule has 3 aliphatic rings. The summed E-state index contributed by atoms with van der Waals surface area (Å²) in [6.07, 6.45) is 7.48. The normalized spacial score (nSPS) is 20.7. The van der Waals surface area contributed by atoms with Crippen LogP contribution in [0.5, 0.6) is 5.75 Å². The van der Waals surface area contributed by atoms with Gasteiger partial charge in [-0.05, 0) is 25.0 Å². The van der Waals surface area contributed by atoms with E-state index in [-0.39, 0.29) is 5.56 Å². The Morgan fingerprint density at radius 2 is 1.86 bits per heavy atom. The minimum Gasteiger partial charge on any atom is -0.496 e. The lowest BCUT2D eigenvalue weighted by Gasteiger charge is -2.38. The van der Waals surface area contributed by atoms with Gasteiger partial charge in [0.2, 0.25) is 0 Å². The van der Waals surface area contributed by atoms with E-state index in [1.807, 2.05) is 19.2 Å². The molecule has 4 heterocycles. The molecule has 1 spiro atoms. The van der Waals surface area contributed by atoms with Crippen LogP contribution in [-0.4, -0.2) is 58.9 Å². The zero-order valence-electron chi connectivity index (χ0n) is 20.5. The molecule has 0 bridgehead atoms. The summed E-state index contributed by atoms with van der Waals surface area (Å²) in [7, 11) is 3.52. The number of piperidine rings is 1. The fraction of sp³-hybridized carbons (Fsp3) is 0.577. The van der Waals surface area contributed by atoms with Crippen molar-refractivity contribution in [3.8, 4) is 17.1 Å². The summed E-state index contributed by atoms with van der Waals surface area (Å²) < 4.78 is 19.2. The largest absolute Gasteiger partial charge is 0.496 e. The Balaban J connectivity index is 1.31. The Morgan fingerprint density at radius 3 is 2.57 bits per heavy atom. The van der Waals surface area contributed by atoms with E-state index in [9.17, 15) is 4.79 Å². The smallest absolute Gasteiger partial charge is 0.262 e. The van der Waals surface area contributed by atoms with E-state index in [2.05, 4.69) is 16.0 Å². The van der Waals surface area contributed by atoms with Gasteiger partial charge in [0, 0.05) is 50.7 Å². The number of aromatic amines is 1. The Kier molecular flexibility index (Phi) is 5.76. The lowest BCUT2D eigenvalue weighted by Crippen LogP contribution is -2.45. The van der Waals surface area contributed by atoms with Crippen LogP contribution in [0.4, 0.5) is 5.69 Å². The van der Waals surface area contributed by atoms with Crippen LogP contribution in [-0.2, 0) is 16.5 Å². The fourth-order valence-electron chi connectivity index (χ4n) is 5.94. The highest BCUT2D eigenvalue weighted by atomic mass is 16.7. The highest BCUT2D eigenvalue weighted by molar-refractivity contribution is 5.81. The van der Waals surface area contributed by atoms with Gasteiger partial charge in [-0.2, -0.15) is 5.10 Å². The standard InChI is InChI=1S/C26H33N5O4/c1-30-24-21(22(29-30)17-6-4-3-5-7-17)25(32)28-23(27-24)19-9-8-18(16-20(19)33-2)31-12-10-26(11-13-31)34-14-15-35-26/h8-9,16-17H,3-7,10-15H2,1-2H3,(H,27,28,32). The quantitative estimate of drug-likeness (QED) is 0.609. The molecule has 3 aromatic rings. The maximum Gasteiger partial charge on any atom is 0.262 e. The van der Waals surface area contributed by atoms with Crippen LogP contribution >= 0.6 is 0 Å². The lowest BCUT2D eigenvalue weighted by molar-refractivity contribution is -0.169. The number of benzene rings is 1. The first kappa shape index (κ1) is 22.5. The number of hydrogen-bond acceptors (Lipinski definition) is 7. The Hall–Kier alpha value is -2.91. The van der Waals surface area contributed by atoms with Crippen molar-refractivity contribution in [2.45, 2.75) is 56.7 Å². The molecule has 1 aliphatic carbocycles. The molecule has 9 heteroatoms. The van der Waals surface area contributed by atoms with Crippen LogP contribution in [0, 0.1) is 0 Å². The molecule has 35 heavy (non-hydrogen) atoms. The Labute approximate surface area is 204 Å². The highest BCUT2D eigenvalue weighted by Crippen LogP contribution is 2.38. The predicted octanol–water partition coefficient (Wildman–Crippen LogP) is 3.72. The molecule has 2 aliphatic heterocycles. The molecule has 6 rings (SSSR count). The van der Waals surface area contributed by atoms with E-state index in [1.54, 1.807) is 11.8 Å². The maximum atomic E-state index is 13.3. The van der Waals surface area contributed by atoms with Gasteiger partial charge in [0.1, 0.15) is 17.0 Å².